The van der Waals surface area contributed by atoms with Gasteiger partial charge in [-0.2, -0.15) is 0 Å². The van der Waals surface area contributed by atoms with Gasteiger partial charge < -0.3 is 9.88 Å². The van der Waals surface area contributed by atoms with Gasteiger partial charge in [-0.1, -0.05) is 0 Å². The number of sulfonamides is 1. The molecular formula is C17H25FN4O2S. The van der Waals surface area contributed by atoms with E-state index >= 15 is 0 Å². The normalized spacial score (nSPS) is 17.6. The van der Waals surface area contributed by atoms with Gasteiger partial charge in [-0.05, 0) is 57.1 Å². The van der Waals surface area contributed by atoms with Gasteiger partial charge in [0.1, 0.15) is 11.6 Å². The molecule has 1 aliphatic heterocycles. The summed E-state index contributed by atoms with van der Waals surface area (Å²) in [5, 5.41) is 0. The highest BCUT2D eigenvalue weighted by Gasteiger charge is 2.23. The van der Waals surface area contributed by atoms with Crippen molar-refractivity contribution in [2.45, 2.75) is 25.2 Å². The molecule has 1 aromatic carbocycles. The molecule has 25 heavy (non-hydrogen) atoms. The lowest BCUT2D eigenvalue weighted by atomic mass is 9.96. The Balaban J connectivity index is 1.51. The summed E-state index contributed by atoms with van der Waals surface area (Å²) in [6.45, 7) is 2.65. The number of fused-ring (bicyclic) bond motifs is 1. The molecule has 0 spiro atoms. The molecule has 1 fully saturated rings. The molecular weight excluding hydrogens is 343 g/mol. The van der Waals surface area contributed by atoms with E-state index in [0.29, 0.717) is 12.3 Å². The lowest BCUT2D eigenvalue weighted by Gasteiger charge is -2.31. The van der Waals surface area contributed by atoms with Gasteiger partial charge in [0.15, 0.2) is 0 Å². The van der Waals surface area contributed by atoms with Crippen molar-refractivity contribution in [2.75, 3.05) is 39.5 Å². The number of benzene rings is 1. The van der Waals surface area contributed by atoms with E-state index in [1.54, 1.807) is 20.2 Å². The molecule has 0 saturated carbocycles. The zero-order chi connectivity index (χ0) is 18.0. The number of likely N-dealkylation sites (tertiary alicyclic amines) is 1. The van der Waals surface area contributed by atoms with Gasteiger partial charge in [-0.25, -0.2) is 22.1 Å². The minimum Gasteiger partial charge on any atom is -0.342 e. The number of rotatable bonds is 6. The predicted octanol–water partition coefficient (Wildman–Crippen LogP) is 2.16. The molecule has 1 N–H and O–H groups in total. The number of aromatic nitrogens is 2. The number of imidazole rings is 1. The van der Waals surface area contributed by atoms with E-state index in [0.717, 1.165) is 49.3 Å². The van der Waals surface area contributed by atoms with Crippen molar-refractivity contribution in [1.29, 1.82) is 0 Å². The van der Waals surface area contributed by atoms with Crippen LogP contribution in [0.15, 0.2) is 18.2 Å². The Morgan fingerprint density at radius 2 is 2.04 bits per heavy atom. The lowest BCUT2D eigenvalue weighted by Crippen LogP contribution is -2.35. The van der Waals surface area contributed by atoms with Gasteiger partial charge in [0.25, 0.3) is 0 Å². The number of H-pyrrole nitrogens is 1. The van der Waals surface area contributed by atoms with Crippen molar-refractivity contribution in [2.24, 2.45) is 0 Å². The maximum Gasteiger partial charge on any atom is 0.213 e. The highest BCUT2D eigenvalue weighted by molar-refractivity contribution is 7.89. The molecule has 1 aliphatic rings. The van der Waals surface area contributed by atoms with Crippen molar-refractivity contribution in [3.05, 3.63) is 29.8 Å². The topological polar surface area (TPSA) is 69.3 Å². The van der Waals surface area contributed by atoms with Crippen molar-refractivity contribution in [3.63, 3.8) is 0 Å². The fourth-order valence-electron chi connectivity index (χ4n) is 3.28. The second-order valence-corrected chi connectivity index (χ2v) is 9.15. The van der Waals surface area contributed by atoms with Crippen molar-refractivity contribution < 1.29 is 12.8 Å². The molecule has 0 atom stereocenters. The van der Waals surface area contributed by atoms with Gasteiger partial charge in [-0.3, -0.25) is 0 Å². The van der Waals surface area contributed by atoms with E-state index in [1.165, 1.54) is 16.4 Å². The molecule has 138 valence electrons. The maximum atomic E-state index is 13.3. The Hall–Kier alpha value is -1.51. The van der Waals surface area contributed by atoms with Crippen LogP contribution in [0.2, 0.25) is 0 Å². The number of aromatic amines is 1. The van der Waals surface area contributed by atoms with Crippen molar-refractivity contribution in [3.8, 4) is 0 Å². The third-order valence-corrected chi connectivity index (χ3v) is 6.79. The molecule has 1 aromatic heterocycles. The maximum absolute atomic E-state index is 13.3. The Morgan fingerprint density at radius 1 is 1.32 bits per heavy atom. The molecule has 0 unspecified atom stereocenters. The summed E-state index contributed by atoms with van der Waals surface area (Å²) < 4.78 is 38.1. The van der Waals surface area contributed by atoms with Crippen LogP contribution >= 0.6 is 0 Å². The molecule has 0 radical (unpaired) electrons. The molecule has 0 amide bonds. The fourth-order valence-corrected chi connectivity index (χ4v) is 4.14. The average molecular weight is 368 g/mol. The Kier molecular flexibility index (Phi) is 5.41. The smallest absolute Gasteiger partial charge is 0.213 e. The average Bonchev–Trinajstić information content (AvgIpc) is 2.98. The quantitative estimate of drug-likeness (QED) is 0.848. The van der Waals surface area contributed by atoms with Gasteiger partial charge in [-0.15, -0.1) is 0 Å². The lowest BCUT2D eigenvalue weighted by molar-refractivity contribution is 0.210. The number of piperidine rings is 1. The summed E-state index contributed by atoms with van der Waals surface area (Å²) in [7, 11) is 0.0288. The van der Waals surface area contributed by atoms with E-state index in [2.05, 4.69) is 14.9 Å². The van der Waals surface area contributed by atoms with Crippen molar-refractivity contribution in [1.82, 2.24) is 19.2 Å². The summed E-state index contributed by atoms with van der Waals surface area (Å²) in [6.07, 6.45) is 2.60. The van der Waals surface area contributed by atoms with Crippen molar-refractivity contribution >= 4 is 21.1 Å². The second-order valence-electron chi connectivity index (χ2n) is 6.85. The van der Waals surface area contributed by atoms with E-state index in [9.17, 15) is 12.8 Å². The van der Waals surface area contributed by atoms with Crippen LogP contribution in [0, 0.1) is 5.82 Å². The van der Waals surface area contributed by atoms with Crippen LogP contribution in [0.4, 0.5) is 4.39 Å². The molecule has 2 heterocycles. The van der Waals surface area contributed by atoms with Crippen LogP contribution in [0.25, 0.3) is 11.0 Å². The fraction of sp³-hybridized carbons (Fsp3) is 0.588. The zero-order valence-corrected chi connectivity index (χ0v) is 15.5. The van der Waals surface area contributed by atoms with Gasteiger partial charge in [0.2, 0.25) is 10.0 Å². The summed E-state index contributed by atoms with van der Waals surface area (Å²) in [4.78, 5) is 10.1. The van der Waals surface area contributed by atoms with E-state index in [4.69, 9.17) is 0 Å². The third kappa shape index (κ3) is 4.37. The number of nitrogens with zero attached hydrogens (tertiary/aromatic N) is 3. The minimum absolute atomic E-state index is 0.190. The van der Waals surface area contributed by atoms with Gasteiger partial charge >= 0.3 is 0 Å². The number of halogens is 1. The number of hydrogen-bond donors (Lipinski definition) is 1. The summed E-state index contributed by atoms with van der Waals surface area (Å²) in [5.74, 6) is 1.20. The predicted molar refractivity (Wildman–Crippen MR) is 96.6 cm³/mol. The molecule has 0 aliphatic carbocycles. The van der Waals surface area contributed by atoms with Crippen LogP contribution in [-0.4, -0.2) is 67.1 Å². The van der Waals surface area contributed by atoms with Gasteiger partial charge in [0, 0.05) is 20.0 Å². The van der Waals surface area contributed by atoms with Crippen LogP contribution in [-0.2, 0) is 10.0 Å². The first-order valence-corrected chi connectivity index (χ1v) is 10.2. The molecule has 6 nitrogen and oxygen atoms in total. The first-order valence-electron chi connectivity index (χ1n) is 8.63. The Labute approximate surface area is 148 Å². The van der Waals surface area contributed by atoms with Crippen LogP contribution in [0.3, 0.4) is 0 Å². The Morgan fingerprint density at radius 3 is 2.72 bits per heavy atom. The number of hydrogen-bond acceptors (Lipinski definition) is 4. The highest BCUT2D eigenvalue weighted by Crippen LogP contribution is 2.28. The standard InChI is InChI=1S/C17H25FN4O2S/c1-21(2)25(23,24)11-3-8-22-9-6-13(7-10-22)17-19-15-5-4-14(18)12-16(15)20-17/h4-5,12-13H,3,6-11H2,1-2H3,(H,19,20). The molecule has 8 heteroatoms. The molecule has 0 bridgehead atoms. The third-order valence-electron chi connectivity index (χ3n) is 4.87. The highest BCUT2D eigenvalue weighted by atomic mass is 32.2. The molecule has 2 aromatic rings. The minimum atomic E-state index is -3.11. The van der Waals surface area contributed by atoms with E-state index in [1.807, 2.05) is 0 Å². The zero-order valence-electron chi connectivity index (χ0n) is 14.7. The van der Waals surface area contributed by atoms with Crippen LogP contribution < -0.4 is 0 Å². The SMILES string of the molecule is CN(C)S(=O)(=O)CCCN1CCC(c2nc3ccc(F)cc3[nH]2)CC1. The molecule has 1 saturated heterocycles. The monoisotopic (exact) mass is 368 g/mol. The summed E-state index contributed by atoms with van der Waals surface area (Å²) >= 11 is 0. The Bertz CT molecular complexity index is 826. The largest absolute Gasteiger partial charge is 0.342 e. The first kappa shape index (κ1) is 18.3. The van der Waals surface area contributed by atoms with E-state index < -0.39 is 10.0 Å². The summed E-state index contributed by atoms with van der Waals surface area (Å²) in [5.41, 5.74) is 1.54. The van der Waals surface area contributed by atoms with Crippen LogP contribution in [0.5, 0.6) is 0 Å². The summed E-state index contributed by atoms with van der Waals surface area (Å²) in [6, 6.07) is 4.61. The number of nitrogens with one attached hydrogen (secondary N) is 1. The van der Waals surface area contributed by atoms with Crippen LogP contribution in [0.1, 0.15) is 31.0 Å². The molecule has 3 rings (SSSR count). The van der Waals surface area contributed by atoms with E-state index in [-0.39, 0.29) is 11.6 Å². The first-order chi connectivity index (χ1) is 11.8. The van der Waals surface area contributed by atoms with Gasteiger partial charge in [0.05, 0.1) is 16.8 Å². The second kappa shape index (κ2) is 7.39.